The van der Waals surface area contributed by atoms with Crippen LogP contribution in [-0.4, -0.2) is 16.5 Å². The third-order valence-corrected chi connectivity index (χ3v) is 3.38. The molecule has 0 bridgehead atoms. The Morgan fingerprint density at radius 2 is 2.12 bits per heavy atom. The number of benzene rings is 1. The van der Waals surface area contributed by atoms with E-state index in [1.807, 2.05) is 24.3 Å². The number of aryl methyl sites for hydroxylation is 1. The molecule has 0 atom stereocenters. The zero-order valence-electron chi connectivity index (χ0n) is 9.36. The van der Waals surface area contributed by atoms with Gasteiger partial charge in [-0.3, -0.25) is 4.79 Å². The van der Waals surface area contributed by atoms with Crippen LogP contribution in [0.15, 0.2) is 35.4 Å². The number of carbonyl (C=O) groups excluding carboxylic acids is 1. The second-order valence-corrected chi connectivity index (χ2v) is 4.78. The number of hydrogen-bond donors (Lipinski definition) is 0. The van der Waals surface area contributed by atoms with Crippen LogP contribution >= 0.6 is 11.8 Å². The van der Waals surface area contributed by atoms with Gasteiger partial charge in [-0.25, -0.2) is 4.98 Å². The summed E-state index contributed by atoms with van der Waals surface area (Å²) >= 11 is 1.50. The topological polar surface area (TPSA) is 30.0 Å². The second kappa shape index (κ2) is 4.66. The van der Waals surface area contributed by atoms with E-state index in [2.05, 4.69) is 18.0 Å². The van der Waals surface area contributed by atoms with E-state index >= 15 is 0 Å². The normalized spacial score (nSPS) is 10.6. The van der Waals surface area contributed by atoms with Gasteiger partial charge in [-0.2, -0.15) is 0 Å². The standard InChI is InChI=1S/C13H13NOS/c1-9-7-13(16-8-10(2)15)14-12-6-4-3-5-11(9)12/h3-7H,8H2,1-2H3. The number of fused-ring (bicyclic) bond motifs is 1. The van der Waals surface area contributed by atoms with Crippen LogP contribution in [0.5, 0.6) is 0 Å². The molecule has 0 saturated carbocycles. The molecule has 0 aliphatic rings. The van der Waals surface area contributed by atoms with Crippen molar-refractivity contribution in [3.05, 3.63) is 35.9 Å². The van der Waals surface area contributed by atoms with Crippen molar-refractivity contribution >= 4 is 28.4 Å². The predicted octanol–water partition coefficient (Wildman–Crippen LogP) is 3.22. The summed E-state index contributed by atoms with van der Waals surface area (Å²) in [6.45, 7) is 3.67. The number of aromatic nitrogens is 1. The Kier molecular flexibility index (Phi) is 3.25. The van der Waals surface area contributed by atoms with Crippen LogP contribution in [0, 0.1) is 6.92 Å². The van der Waals surface area contributed by atoms with Crippen molar-refractivity contribution in [3.63, 3.8) is 0 Å². The summed E-state index contributed by atoms with van der Waals surface area (Å²) in [5, 5.41) is 2.10. The second-order valence-electron chi connectivity index (χ2n) is 3.79. The van der Waals surface area contributed by atoms with E-state index in [1.165, 1.54) is 22.7 Å². The number of para-hydroxylation sites is 1. The van der Waals surface area contributed by atoms with E-state index in [9.17, 15) is 4.79 Å². The van der Waals surface area contributed by atoms with E-state index in [0.717, 1.165) is 10.5 Å². The third-order valence-electron chi connectivity index (χ3n) is 2.32. The maximum absolute atomic E-state index is 10.9. The Balaban J connectivity index is 2.38. The maximum atomic E-state index is 10.9. The first-order valence-electron chi connectivity index (χ1n) is 5.15. The van der Waals surface area contributed by atoms with Gasteiger partial charge < -0.3 is 0 Å². The average molecular weight is 231 g/mol. The number of ketones is 1. The lowest BCUT2D eigenvalue weighted by atomic mass is 10.1. The van der Waals surface area contributed by atoms with Crippen LogP contribution in [0.25, 0.3) is 10.9 Å². The van der Waals surface area contributed by atoms with Gasteiger partial charge in [0.25, 0.3) is 0 Å². The van der Waals surface area contributed by atoms with Crippen molar-refractivity contribution in [2.24, 2.45) is 0 Å². The van der Waals surface area contributed by atoms with Crippen LogP contribution < -0.4 is 0 Å². The van der Waals surface area contributed by atoms with Crippen molar-refractivity contribution in [1.82, 2.24) is 4.98 Å². The molecule has 0 N–H and O–H groups in total. The number of hydrogen-bond acceptors (Lipinski definition) is 3. The summed E-state index contributed by atoms with van der Waals surface area (Å²) < 4.78 is 0. The minimum absolute atomic E-state index is 0.178. The number of pyridine rings is 1. The van der Waals surface area contributed by atoms with Crippen molar-refractivity contribution < 1.29 is 4.79 Å². The summed E-state index contributed by atoms with van der Waals surface area (Å²) in [6, 6.07) is 10.1. The molecule has 0 aliphatic heterocycles. The average Bonchev–Trinajstić information content (AvgIpc) is 2.26. The van der Waals surface area contributed by atoms with Crippen molar-refractivity contribution in [3.8, 4) is 0 Å². The highest BCUT2D eigenvalue weighted by Gasteiger charge is 2.03. The van der Waals surface area contributed by atoms with Crippen LogP contribution in [-0.2, 0) is 4.79 Å². The van der Waals surface area contributed by atoms with E-state index in [0.29, 0.717) is 5.75 Å². The number of Topliss-reactive ketones (excluding diaryl/α,β-unsaturated/α-hetero) is 1. The minimum atomic E-state index is 0.178. The molecule has 2 rings (SSSR count). The monoisotopic (exact) mass is 231 g/mol. The first kappa shape index (κ1) is 11.1. The molecular formula is C13H13NOS. The predicted molar refractivity (Wildman–Crippen MR) is 67.9 cm³/mol. The molecule has 0 unspecified atom stereocenters. The minimum Gasteiger partial charge on any atom is -0.299 e. The van der Waals surface area contributed by atoms with E-state index in [-0.39, 0.29) is 5.78 Å². The van der Waals surface area contributed by atoms with E-state index in [4.69, 9.17) is 0 Å². The lowest BCUT2D eigenvalue weighted by Gasteiger charge is -2.04. The smallest absolute Gasteiger partial charge is 0.140 e. The third kappa shape index (κ3) is 2.42. The molecule has 1 aromatic heterocycles. The Bertz CT molecular complexity index is 536. The van der Waals surface area contributed by atoms with Gasteiger partial charge >= 0.3 is 0 Å². The highest BCUT2D eigenvalue weighted by molar-refractivity contribution is 7.99. The number of nitrogens with zero attached hydrogens (tertiary/aromatic N) is 1. The fourth-order valence-electron chi connectivity index (χ4n) is 1.57. The van der Waals surface area contributed by atoms with Crippen molar-refractivity contribution in [2.45, 2.75) is 18.9 Å². The van der Waals surface area contributed by atoms with Gasteiger partial charge in [0.1, 0.15) is 5.78 Å². The molecule has 1 aromatic carbocycles. The first-order valence-corrected chi connectivity index (χ1v) is 6.14. The summed E-state index contributed by atoms with van der Waals surface area (Å²) in [4.78, 5) is 15.4. The summed E-state index contributed by atoms with van der Waals surface area (Å²) in [5.74, 6) is 0.669. The zero-order valence-corrected chi connectivity index (χ0v) is 10.2. The van der Waals surface area contributed by atoms with Gasteiger partial charge in [0.05, 0.1) is 16.3 Å². The van der Waals surface area contributed by atoms with Gasteiger partial charge in [-0.1, -0.05) is 30.0 Å². The number of thioether (sulfide) groups is 1. The highest BCUT2D eigenvalue weighted by Crippen LogP contribution is 2.23. The molecule has 0 spiro atoms. The SMILES string of the molecule is CC(=O)CSc1cc(C)c2ccccc2n1. The van der Waals surface area contributed by atoms with Crippen LogP contribution in [0.2, 0.25) is 0 Å². The molecule has 3 heteroatoms. The molecule has 0 aliphatic carbocycles. The van der Waals surface area contributed by atoms with Crippen LogP contribution in [0.3, 0.4) is 0 Å². The van der Waals surface area contributed by atoms with Crippen molar-refractivity contribution in [2.75, 3.05) is 5.75 Å². The summed E-state index contributed by atoms with van der Waals surface area (Å²) in [5.41, 5.74) is 2.20. The van der Waals surface area contributed by atoms with Gasteiger partial charge in [-0.15, -0.1) is 0 Å². The van der Waals surface area contributed by atoms with Gasteiger partial charge in [0.2, 0.25) is 0 Å². The largest absolute Gasteiger partial charge is 0.299 e. The molecule has 2 nitrogen and oxygen atoms in total. The van der Waals surface area contributed by atoms with Crippen molar-refractivity contribution in [1.29, 1.82) is 0 Å². The van der Waals surface area contributed by atoms with Crippen LogP contribution in [0.4, 0.5) is 0 Å². The summed E-state index contributed by atoms with van der Waals surface area (Å²) in [7, 11) is 0. The molecule has 0 amide bonds. The Morgan fingerprint density at radius 3 is 2.88 bits per heavy atom. The van der Waals surface area contributed by atoms with Crippen LogP contribution in [0.1, 0.15) is 12.5 Å². The fourth-order valence-corrected chi connectivity index (χ4v) is 2.34. The molecule has 16 heavy (non-hydrogen) atoms. The van der Waals surface area contributed by atoms with E-state index < -0.39 is 0 Å². The molecule has 0 radical (unpaired) electrons. The highest BCUT2D eigenvalue weighted by atomic mass is 32.2. The molecular weight excluding hydrogens is 218 g/mol. The number of carbonyl (C=O) groups is 1. The Labute approximate surface area is 99.1 Å². The lowest BCUT2D eigenvalue weighted by Crippen LogP contribution is -1.94. The Hall–Kier alpha value is -1.35. The molecule has 82 valence electrons. The summed E-state index contributed by atoms with van der Waals surface area (Å²) in [6.07, 6.45) is 0. The molecule has 2 aromatic rings. The van der Waals surface area contributed by atoms with Gasteiger partial charge in [0, 0.05) is 5.39 Å². The first-order chi connectivity index (χ1) is 7.66. The lowest BCUT2D eigenvalue weighted by molar-refractivity contribution is -0.114. The molecule has 0 fully saturated rings. The Morgan fingerprint density at radius 1 is 1.38 bits per heavy atom. The van der Waals surface area contributed by atoms with Gasteiger partial charge in [0.15, 0.2) is 0 Å². The molecule has 1 heterocycles. The fraction of sp³-hybridized carbons (Fsp3) is 0.231. The maximum Gasteiger partial charge on any atom is 0.140 e. The number of rotatable bonds is 3. The van der Waals surface area contributed by atoms with Gasteiger partial charge in [-0.05, 0) is 31.5 Å². The zero-order chi connectivity index (χ0) is 11.5. The van der Waals surface area contributed by atoms with E-state index in [1.54, 1.807) is 6.92 Å². The quantitative estimate of drug-likeness (QED) is 0.760. The molecule has 0 saturated heterocycles.